The Kier molecular flexibility index (Phi) is 4.45. The van der Waals surface area contributed by atoms with E-state index in [1.165, 1.54) is 16.9 Å². The number of thiophene rings is 1. The fourth-order valence-electron chi connectivity index (χ4n) is 1.94. The molecule has 2 aromatic rings. The second-order valence-corrected chi connectivity index (χ2v) is 6.22. The molecule has 0 atom stereocenters. The van der Waals surface area contributed by atoms with Gasteiger partial charge in [-0.3, -0.25) is 4.79 Å². The largest absolute Gasteiger partial charge is 0.497 e. The van der Waals surface area contributed by atoms with Gasteiger partial charge in [-0.2, -0.15) is 0 Å². The van der Waals surface area contributed by atoms with Gasteiger partial charge in [0.25, 0.3) is 5.91 Å². The van der Waals surface area contributed by atoms with Gasteiger partial charge in [-0.15, -0.1) is 11.3 Å². The Morgan fingerprint density at radius 1 is 1.25 bits per heavy atom. The number of carbonyl (C=O) groups is 1. The molecule has 0 saturated carbocycles. The smallest absolute Gasteiger partial charge is 0.261 e. The van der Waals surface area contributed by atoms with Gasteiger partial charge < -0.3 is 10.1 Å². The van der Waals surface area contributed by atoms with Crippen molar-refractivity contribution in [2.75, 3.05) is 13.7 Å². The molecule has 0 saturated heterocycles. The Labute approximate surface area is 123 Å². The average molecular weight is 289 g/mol. The highest BCUT2D eigenvalue weighted by molar-refractivity contribution is 7.12. The minimum Gasteiger partial charge on any atom is -0.497 e. The minimum atomic E-state index is -0.126. The van der Waals surface area contributed by atoms with E-state index in [9.17, 15) is 4.79 Å². The van der Waals surface area contributed by atoms with Crippen molar-refractivity contribution in [1.29, 1.82) is 0 Å². The van der Waals surface area contributed by atoms with Gasteiger partial charge in [0.1, 0.15) is 5.75 Å². The van der Waals surface area contributed by atoms with Gasteiger partial charge in [-0.1, -0.05) is 32.0 Å². The Morgan fingerprint density at radius 2 is 1.95 bits per heavy atom. The molecule has 0 aliphatic rings. The third-order valence-electron chi connectivity index (χ3n) is 3.31. The highest BCUT2D eigenvalue weighted by Gasteiger charge is 2.21. The van der Waals surface area contributed by atoms with Crippen molar-refractivity contribution < 1.29 is 9.53 Å². The van der Waals surface area contributed by atoms with Crippen molar-refractivity contribution in [1.82, 2.24) is 5.32 Å². The fourth-order valence-corrected chi connectivity index (χ4v) is 2.58. The van der Waals surface area contributed by atoms with Crippen LogP contribution in [-0.2, 0) is 5.41 Å². The van der Waals surface area contributed by atoms with Crippen LogP contribution >= 0.6 is 11.3 Å². The molecule has 0 aliphatic carbocycles. The van der Waals surface area contributed by atoms with E-state index in [4.69, 9.17) is 4.74 Å². The highest BCUT2D eigenvalue weighted by atomic mass is 32.1. The van der Waals surface area contributed by atoms with Crippen LogP contribution in [-0.4, -0.2) is 19.6 Å². The van der Waals surface area contributed by atoms with Crippen LogP contribution in [0.2, 0.25) is 0 Å². The molecule has 1 N–H and O–H groups in total. The Morgan fingerprint density at radius 3 is 2.50 bits per heavy atom. The summed E-state index contributed by atoms with van der Waals surface area (Å²) in [7, 11) is 1.65. The van der Waals surface area contributed by atoms with Gasteiger partial charge in [0.2, 0.25) is 0 Å². The van der Waals surface area contributed by atoms with Gasteiger partial charge in [0, 0.05) is 12.0 Å². The molecule has 0 bridgehead atoms. The molecule has 20 heavy (non-hydrogen) atoms. The first-order valence-electron chi connectivity index (χ1n) is 6.49. The van der Waals surface area contributed by atoms with Crippen molar-refractivity contribution in [3.8, 4) is 5.75 Å². The number of benzene rings is 1. The van der Waals surface area contributed by atoms with Crippen molar-refractivity contribution in [3.05, 3.63) is 52.2 Å². The topological polar surface area (TPSA) is 38.3 Å². The Hall–Kier alpha value is -1.81. The number of nitrogens with one attached hydrogen (secondary N) is 1. The summed E-state index contributed by atoms with van der Waals surface area (Å²) in [6, 6.07) is 11.7. The van der Waals surface area contributed by atoms with Gasteiger partial charge in [-0.25, -0.2) is 0 Å². The third-order valence-corrected chi connectivity index (χ3v) is 4.18. The summed E-state index contributed by atoms with van der Waals surface area (Å²) in [5.74, 6) is 0.828. The van der Waals surface area contributed by atoms with E-state index in [0.29, 0.717) is 6.54 Å². The maximum absolute atomic E-state index is 12.0. The molecule has 0 fully saturated rings. The van der Waals surface area contributed by atoms with Gasteiger partial charge >= 0.3 is 0 Å². The van der Waals surface area contributed by atoms with Crippen molar-refractivity contribution in [2.24, 2.45) is 0 Å². The van der Waals surface area contributed by atoms with Crippen LogP contribution in [0.3, 0.4) is 0 Å². The molecule has 0 radical (unpaired) electrons. The zero-order valence-corrected chi connectivity index (χ0v) is 12.8. The summed E-state index contributed by atoms with van der Waals surface area (Å²) in [6.07, 6.45) is 0. The summed E-state index contributed by atoms with van der Waals surface area (Å²) in [5, 5.41) is 4.90. The average Bonchev–Trinajstić information content (AvgIpc) is 2.99. The van der Waals surface area contributed by atoms with E-state index in [2.05, 4.69) is 19.2 Å². The second kappa shape index (κ2) is 6.09. The lowest BCUT2D eigenvalue weighted by molar-refractivity contribution is 0.0949. The van der Waals surface area contributed by atoms with Crippen LogP contribution in [0.5, 0.6) is 5.75 Å². The zero-order valence-electron chi connectivity index (χ0n) is 12.0. The van der Waals surface area contributed by atoms with E-state index in [0.717, 1.165) is 10.6 Å². The zero-order chi connectivity index (χ0) is 14.6. The quantitative estimate of drug-likeness (QED) is 0.915. The van der Waals surface area contributed by atoms with Crippen LogP contribution in [0, 0.1) is 0 Å². The van der Waals surface area contributed by atoms with Crippen LogP contribution in [0.1, 0.15) is 29.1 Å². The molecular formula is C16H19NO2S. The van der Waals surface area contributed by atoms with E-state index < -0.39 is 0 Å². The van der Waals surface area contributed by atoms with Crippen molar-refractivity contribution >= 4 is 17.2 Å². The molecule has 4 heteroatoms. The van der Waals surface area contributed by atoms with E-state index in [-0.39, 0.29) is 11.3 Å². The SMILES string of the molecule is COc1ccc(C(C)(C)CNC(=O)c2cccs2)cc1. The number of carbonyl (C=O) groups excluding carboxylic acids is 1. The first-order valence-corrected chi connectivity index (χ1v) is 7.37. The first-order chi connectivity index (χ1) is 9.53. The number of ether oxygens (including phenoxy) is 1. The van der Waals surface area contributed by atoms with Gasteiger partial charge in [0.05, 0.1) is 12.0 Å². The lowest BCUT2D eigenvalue weighted by Crippen LogP contribution is -2.36. The number of methoxy groups -OCH3 is 1. The summed E-state index contributed by atoms with van der Waals surface area (Å²) in [6.45, 7) is 4.82. The molecule has 1 aromatic carbocycles. The molecule has 1 heterocycles. The van der Waals surface area contributed by atoms with Gasteiger partial charge in [-0.05, 0) is 29.1 Å². The number of amides is 1. The number of rotatable bonds is 5. The van der Waals surface area contributed by atoms with Crippen molar-refractivity contribution in [2.45, 2.75) is 19.3 Å². The lowest BCUT2D eigenvalue weighted by Gasteiger charge is -2.25. The number of hydrogen-bond donors (Lipinski definition) is 1. The molecule has 1 amide bonds. The van der Waals surface area contributed by atoms with E-state index >= 15 is 0 Å². The fraction of sp³-hybridized carbons (Fsp3) is 0.312. The molecule has 0 spiro atoms. The van der Waals surface area contributed by atoms with E-state index in [1.807, 2.05) is 41.8 Å². The van der Waals surface area contributed by atoms with Crippen LogP contribution in [0.4, 0.5) is 0 Å². The summed E-state index contributed by atoms with van der Waals surface area (Å²) in [5.41, 5.74) is 1.05. The van der Waals surface area contributed by atoms with Gasteiger partial charge in [0.15, 0.2) is 0 Å². The summed E-state index contributed by atoms with van der Waals surface area (Å²) >= 11 is 1.45. The summed E-state index contributed by atoms with van der Waals surface area (Å²) < 4.78 is 5.16. The first kappa shape index (κ1) is 14.6. The lowest BCUT2D eigenvalue weighted by atomic mass is 9.84. The maximum Gasteiger partial charge on any atom is 0.261 e. The minimum absolute atomic E-state index is 0.0124. The predicted molar refractivity (Wildman–Crippen MR) is 82.7 cm³/mol. The Bertz CT molecular complexity index is 559. The standard InChI is InChI=1S/C16H19NO2S/c1-16(2,12-6-8-13(19-3)9-7-12)11-17-15(18)14-5-4-10-20-14/h4-10H,11H2,1-3H3,(H,17,18). The molecule has 2 rings (SSSR count). The van der Waals surface area contributed by atoms with Crippen molar-refractivity contribution in [3.63, 3.8) is 0 Å². The highest BCUT2D eigenvalue weighted by Crippen LogP contribution is 2.24. The second-order valence-electron chi connectivity index (χ2n) is 5.27. The number of hydrogen-bond acceptors (Lipinski definition) is 3. The molecule has 0 aliphatic heterocycles. The molecule has 106 valence electrons. The molecular weight excluding hydrogens is 270 g/mol. The molecule has 1 aromatic heterocycles. The third kappa shape index (κ3) is 3.39. The molecule has 0 unspecified atom stereocenters. The normalized spacial score (nSPS) is 11.2. The summed E-state index contributed by atoms with van der Waals surface area (Å²) in [4.78, 5) is 12.7. The van der Waals surface area contributed by atoms with Crippen LogP contribution < -0.4 is 10.1 Å². The van der Waals surface area contributed by atoms with Crippen LogP contribution in [0.25, 0.3) is 0 Å². The van der Waals surface area contributed by atoms with E-state index in [1.54, 1.807) is 7.11 Å². The molecule has 3 nitrogen and oxygen atoms in total. The monoisotopic (exact) mass is 289 g/mol. The Balaban J connectivity index is 2.01. The van der Waals surface area contributed by atoms with Crippen LogP contribution in [0.15, 0.2) is 41.8 Å². The maximum atomic E-state index is 12.0. The predicted octanol–water partition coefficient (Wildman–Crippen LogP) is 3.46.